The van der Waals surface area contributed by atoms with Crippen LogP contribution in [0.2, 0.25) is 0 Å². The lowest BCUT2D eigenvalue weighted by Crippen LogP contribution is -2.24. The second kappa shape index (κ2) is 7.43. The van der Waals surface area contributed by atoms with E-state index in [1.807, 2.05) is 25.1 Å². The standard InChI is InChI=1S/C21H21FN2O/c1-3-4-11-23-21(25)17-13-20(15-7-5-6-8-18(15)22)24-19-10-9-14(2)12-16(17)19/h5-10,12-13H,3-4,11H2,1-2H3,(H,23,25). The summed E-state index contributed by atoms with van der Waals surface area (Å²) in [4.78, 5) is 17.2. The highest BCUT2D eigenvalue weighted by Gasteiger charge is 2.15. The number of rotatable bonds is 5. The minimum absolute atomic E-state index is 0.149. The third kappa shape index (κ3) is 3.68. The molecule has 25 heavy (non-hydrogen) atoms. The highest BCUT2D eigenvalue weighted by molar-refractivity contribution is 6.07. The number of halogens is 1. The van der Waals surface area contributed by atoms with Gasteiger partial charge in [0.15, 0.2) is 0 Å². The molecular formula is C21H21FN2O. The normalized spacial score (nSPS) is 10.8. The molecular weight excluding hydrogens is 315 g/mol. The van der Waals surface area contributed by atoms with Gasteiger partial charge in [-0.3, -0.25) is 4.79 Å². The number of aryl methyl sites for hydroxylation is 1. The zero-order valence-corrected chi connectivity index (χ0v) is 14.5. The number of pyridine rings is 1. The Kier molecular flexibility index (Phi) is 5.08. The Bertz CT molecular complexity index is 921. The van der Waals surface area contributed by atoms with Crippen molar-refractivity contribution in [1.29, 1.82) is 0 Å². The fraction of sp³-hybridized carbons (Fsp3) is 0.238. The lowest BCUT2D eigenvalue weighted by Gasteiger charge is -2.11. The van der Waals surface area contributed by atoms with E-state index in [0.29, 0.717) is 28.9 Å². The van der Waals surface area contributed by atoms with Crippen molar-refractivity contribution in [3.05, 3.63) is 65.5 Å². The molecule has 0 saturated heterocycles. The van der Waals surface area contributed by atoms with Gasteiger partial charge in [0.05, 0.1) is 16.8 Å². The quantitative estimate of drug-likeness (QED) is 0.675. The molecule has 0 aliphatic carbocycles. The van der Waals surface area contributed by atoms with E-state index in [2.05, 4.69) is 17.2 Å². The van der Waals surface area contributed by atoms with Gasteiger partial charge in [-0.2, -0.15) is 0 Å². The maximum absolute atomic E-state index is 14.2. The predicted molar refractivity (Wildman–Crippen MR) is 99.1 cm³/mol. The first kappa shape index (κ1) is 17.1. The molecule has 3 aromatic rings. The first-order valence-electron chi connectivity index (χ1n) is 8.54. The lowest BCUT2D eigenvalue weighted by molar-refractivity contribution is 0.0955. The van der Waals surface area contributed by atoms with E-state index in [4.69, 9.17) is 0 Å². The number of fused-ring (bicyclic) bond motifs is 1. The van der Waals surface area contributed by atoms with Crippen LogP contribution in [0.25, 0.3) is 22.2 Å². The number of nitrogens with one attached hydrogen (secondary N) is 1. The Labute approximate surface area is 146 Å². The van der Waals surface area contributed by atoms with Gasteiger partial charge in [0, 0.05) is 17.5 Å². The molecule has 3 rings (SSSR count). The van der Waals surface area contributed by atoms with Gasteiger partial charge in [-0.1, -0.05) is 37.1 Å². The molecule has 2 aromatic carbocycles. The third-order valence-corrected chi connectivity index (χ3v) is 4.17. The lowest BCUT2D eigenvalue weighted by atomic mass is 10.0. The SMILES string of the molecule is CCCCNC(=O)c1cc(-c2ccccc2F)nc2ccc(C)cc12. The minimum Gasteiger partial charge on any atom is -0.352 e. The van der Waals surface area contributed by atoms with Gasteiger partial charge < -0.3 is 5.32 Å². The molecule has 0 aliphatic rings. The van der Waals surface area contributed by atoms with E-state index in [1.54, 1.807) is 24.3 Å². The molecule has 1 aromatic heterocycles. The van der Waals surface area contributed by atoms with Crippen molar-refractivity contribution >= 4 is 16.8 Å². The van der Waals surface area contributed by atoms with Gasteiger partial charge >= 0.3 is 0 Å². The Morgan fingerprint density at radius 2 is 1.96 bits per heavy atom. The van der Waals surface area contributed by atoms with Crippen molar-refractivity contribution in [2.75, 3.05) is 6.54 Å². The monoisotopic (exact) mass is 336 g/mol. The summed E-state index contributed by atoms with van der Waals surface area (Å²) in [5.41, 5.74) is 3.13. The van der Waals surface area contributed by atoms with Gasteiger partial charge in [-0.05, 0) is 43.7 Å². The largest absolute Gasteiger partial charge is 0.352 e. The Morgan fingerprint density at radius 3 is 2.72 bits per heavy atom. The molecule has 3 nitrogen and oxygen atoms in total. The minimum atomic E-state index is -0.348. The summed E-state index contributed by atoms with van der Waals surface area (Å²) in [7, 11) is 0. The van der Waals surface area contributed by atoms with E-state index in [-0.39, 0.29) is 11.7 Å². The Balaban J connectivity index is 2.13. The van der Waals surface area contributed by atoms with Crippen molar-refractivity contribution in [3.63, 3.8) is 0 Å². The molecule has 4 heteroatoms. The van der Waals surface area contributed by atoms with Crippen LogP contribution in [0.15, 0.2) is 48.5 Å². The summed E-state index contributed by atoms with van der Waals surface area (Å²) >= 11 is 0. The highest BCUT2D eigenvalue weighted by Crippen LogP contribution is 2.27. The molecule has 0 bridgehead atoms. The molecule has 0 unspecified atom stereocenters. The number of hydrogen-bond donors (Lipinski definition) is 1. The van der Waals surface area contributed by atoms with E-state index in [9.17, 15) is 9.18 Å². The topological polar surface area (TPSA) is 42.0 Å². The van der Waals surface area contributed by atoms with Gasteiger partial charge in [-0.15, -0.1) is 0 Å². The van der Waals surface area contributed by atoms with Crippen LogP contribution >= 0.6 is 0 Å². The molecule has 1 N–H and O–H groups in total. The van der Waals surface area contributed by atoms with Crippen molar-refractivity contribution in [2.45, 2.75) is 26.7 Å². The summed E-state index contributed by atoms with van der Waals surface area (Å²) in [6.45, 7) is 4.68. The molecule has 0 radical (unpaired) electrons. The van der Waals surface area contributed by atoms with Crippen LogP contribution in [0.3, 0.4) is 0 Å². The average Bonchev–Trinajstić information content (AvgIpc) is 2.61. The van der Waals surface area contributed by atoms with Crippen molar-refractivity contribution in [1.82, 2.24) is 10.3 Å². The summed E-state index contributed by atoms with van der Waals surface area (Å²) in [6, 6.07) is 13.9. The molecule has 0 atom stereocenters. The second-order valence-corrected chi connectivity index (χ2v) is 6.16. The Morgan fingerprint density at radius 1 is 1.16 bits per heavy atom. The molecule has 0 spiro atoms. The average molecular weight is 336 g/mol. The number of amides is 1. The smallest absolute Gasteiger partial charge is 0.252 e. The molecule has 0 aliphatic heterocycles. The zero-order valence-electron chi connectivity index (χ0n) is 14.5. The van der Waals surface area contributed by atoms with Crippen molar-refractivity contribution < 1.29 is 9.18 Å². The first-order chi connectivity index (χ1) is 12.1. The predicted octanol–water partition coefficient (Wildman–Crippen LogP) is 4.88. The van der Waals surface area contributed by atoms with Gasteiger partial charge in [0.1, 0.15) is 5.82 Å². The van der Waals surface area contributed by atoms with Crippen LogP contribution in [-0.2, 0) is 0 Å². The van der Waals surface area contributed by atoms with Crippen LogP contribution in [-0.4, -0.2) is 17.4 Å². The fourth-order valence-electron chi connectivity index (χ4n) is 2.81. The highest BCUT2D eigenvalue weighted by atomic mass is 19.1. The summed E-state index contributed by atoms with van der Waals surface area (Å²) in [6.07, 6.45) is 1.94. The number of carbonyl (C=O) groups excluding carboxylic acids is 1. The van der Waals surface area contributed by atoms with E-state index in [0.717, 1.165) is 23.8 Å². The third-order valence-electron chi connectivity index (χ3n) is 4.17. The van der Waals surface area contributed by atoms with Crippen LogP contribution in [0.4, 0.5) is 4.39 Å². The summed E-state index contributed by atoms with van der Waals surface area (Å²) in [5, 5.41) is 3.73. The molecule has 0 fully saturated rings. The number of carbonyl (C=O) groups is 1. The summed E-state index contributed by atoms with van der Waals surface area (Å²) in [5.74, 6) is -0.497. The molecule has 1 amide bonds. The van der Waals surface area contributed by atoms with Crippen molar-refractivity contribution in [2.24, 2.45) is 0 Å². The van der Waals surface area contributed by atoms with Crippen molar-refractivity contribution in [3.8, 4) is 11.3 Å². The first-order valence-corrected chi connectivity index (χ1v) is 8.54. The molecule has 128 valence electrons. The van der Waals surface area contributed by atoms with Crippen LogP contribution < -0.4 is 5.32 Å². The zero-order chi connectivity index (χ0) is 17.8. The maximum atomic E-state index is 14.2. The number of benzene rings is 2. The maximum Gasteiger partial charge on any atom is 0.252 e. The number of nitrogens with zero attached hydrogens (tertiary/aromatic N) is 1. The van der Waals surface area contributed by atoms with Gasteiger partial charge in [-0.25, -0.2) is 9.37 Å². The van der Waals surface area contributed by atoms with Gasteiger partial charge in [0.25, 0.3) is 5.91 Å². The van der Waals surface area contributed by atoms with Crippen LogP contribution in [0, 0.1) is 12.7 Å². The van der Waals surface area contributed by atoms with E-state index in [1.165, 1.54) is 6.07 Å². The Hall–Kier alpha value is -2.75. The molecule has 0 saturated carbocycles. The number of unbranched alkanes of at least 4 members (excludes halogenated alkanes) is 1. The van der Waals surface area contributed by atoms with Crippen LogP contribution in [0.5, 0.6) is 0 Å². The van der Waals surface area contributed by atoms with E-state index < -0.39 is 0 Å². The van der Waals surface area contributed by atoms with Crippen LogP contribution in [0.1, 0.15) is 35.7 Å². The number of aromatic nitrogens is 1. The van der Waals surface area contributed by atoms with E-state index >= 15 is 0 Å². The second-order valence-electron chi connectivity index (χ2n) is 6.16. The number of hydrogen-bond acceptors (Lipinski definition) is 2. The molecule has 1 heterocycles. The fourth-order valence-corrected chi connectivity index (χ4v) is 2.81. The van der Waals surface area contributed by atoms with Gasteiger partial charge in [0.2, 0.25) is 0 Å². The summed E-state index contributed by atoms with van der Waals surface area (Å²) < 4.78 is 14.2.